The third-order valence-electron chi connectivity index (χ3n) is 11.1. The summed E-state index contributed by atoms with van der Waals surface area (Å²) in [6.07, 6.45) is 8.95. The number of nitrogens with zero attached hydrogens (tertiary/aromatic N) is 1. The van der Waals surface area contributed by atoms with Crippen LogP contribution in [0, 0.1) is 34.6 Å². The van der Waals surface area contributed by atoms with Crippen molar-refractivity contribution >= 4 is 55.0 Å². The van der Waals surface area contributed by atoms with E-state index in [2.05, 4.69) is 197 Å². The Kier molecular flexibility index (Phi) is 8.51. The average Bonchev–Trinajstić information content (AvgIpc) is 3.17. The quantitative estimate of drug-likeness (QED) is 0.157. The molecule has 9 rings (SSSR count). The van der Waals surface area contributed by atoms with Crippen molar-refractivity contribution in [2.45, 2.75) is 47.5 Å². The molecule has 0 spiro atoms. The predicted octanol–water partition coefficient (Wildman–Crippen LogP) is 15.2. The first kappa shape index (κ1) is 33.6. The summed E-state index contributed by atoms with van der Waals surface area (Å²) in [4.78, 5) is 2.45. The monoisotopic (exact) mass is 695 g/mol. The second-order valence-electron chi connectivity index (χ2n) is 15.3. The van der Waals surface area contributed by atoms with Crippen LogP contribution in [0.5, 0.6) is 0 Å². The van der Waals surface area contributed by atoms with E-state index in [9.17, 15) is 0 Å². The third kappa shape index (κ3) is 6.00. The summed E-state index contributed by atoms with van der Waals surface area (Å²) in [5.41, 5.74) is 17.6. The van der Waals surface area contributed by atoms with E-state index in [0.29, 0.717) is 0 Å². The van der Waals surface area contributed by atoms with Crippen LogP contribution in [0.4, 0.5) is 17.1 Å². The topological polar surface area (TPSA) is 3.24 Å². The molecule has 0 atom stereocenters. The van der Waals surface area contributed by atoms with Gasteiger partial charge in [0.15, 0.2) is 0 Å². The highest BCUT2D eigenvalue weighted by atomic mass is 15.1. The standard InChI is InChI=1S/C53H45N/c1-34-20-22-40(23-21-34)48-33-49(39-14-8-6-9-15-39)52-46-19-13-12-18-45(46)50-32-42(24-25-47(50)53(52)51(48)41-16-10-7-11-17-41)54(43-28-35(2)26-36(3)29-43)44-30-37(4)27-38(5)31-44/h6-10,12-16,18-33H,11,17H2,1-5H3. The Hall–Kier alpha value is -6.18. The fourth-order valence-electron chi connectivity index (χ4n) is 8.84. The zero-order valence-electron chi connectivity index (χ0n) is 31.9. The van der Waals surface area contributed by atoms with Crippen LogP contribution >= 0.6 is 0 Å². The molecule has 0 radical (unpaired) electrons. The molecule has 1 aliphatic rings. The Morgan fingerprint density at radius 3 is 1.65 bits per heavy atom. The van der Waals surface area contributed by atoms with Crippen LogP contribution in [-0.2, 0) is 0 Å². The van der Waals surface area contributed by atoms with Gasteiger partial charge in [-0.2, -0.15) is 0 Å². The molecular weight excluding hydrogens is 651 g/mol. The minimum Gasteiger partial charge on any atom is -0.310 e. The number of allylic oxidation sites excluding steroid dienone is 4. The van der Waals surface area contributed by atoms with Crippen LogP contribution in [0.2, 0.25) is 0 Å². The van der Waals surface area contributed by atoms with Crippen molar-refractivity contribution in [3.63, 3.8) is 0 Å². The molecule has 1 heteroatoms. The second kappa shape index (κ2) is 13.7. The molecule has 0 bridgehead atoms. The molecule has 0 saturated carbocycles. The number of benzene rings is 8. The van der Waals surface area contributed by atoms with Crippen LogP contribution in [-0.4, -0.2) is 0 Å². The number of hydrogen-bond donors (Lipinski definition) is 0. The summed E-state index contributed by atoms with van der Waals surface area (Å²) >= 11 is 0. The van der Waals surface area contributed by atoms with Gasteiger partial charge in [0, 0.05) is 17.1 Å². The summed E-state index contributed by atoms with van der Waals surface area (Å²) in [6.45, 7) is 11.0. The molecule has 0 N–H and O–H groups in total. The minimum atomic E-state index is 1.01. The molecule has 0 heterocycles. The lowest BCUT2D eigenvalue weighted by Gasteiger charge is -2.28. The number of hydrogen-bond acceptors (Lipinski definition) is 1. The van der Waals surface area contributed by atoms with Gasteiger partial charge in [0.2, 0.25) is 0 Å². The van der Waals surface area contributed by atoms with E-state index in [0.717, 1.165) is 18.5 Å². The highest BCUT2D eigenvalue weighted by Gasteiger charge is 2.24. The normalized spacial score (nSPS) is 12.8. The molecular formula is C53H45N. The highest BCUT2D eigenvalue weighted by Crippen LogP contribution is 2.49. The first-order valence-corrected chi connectivity index (χ1v) is 19.2. The Bertz CT molecular complexity index is 2710. The Morgan fingerprint density at radius 2 is 1.02 bits per heavy atom. The van der Waals surface area contributed by atoms with Crippen LogP contribution in [0.15, 0.2) is 158 Å². The van der Waals surface area contributed by atoms with Crippen molar-refractivity contribution in [2.24, 2.45) is 0 Å². The third-order valence-corrected chi connectivity index (χ3v) is 11.1. The maximum atomic E-state index is 2.48. The fraction of sp³-hybridized carbons (Fsp3) is 0.132. The largest absolute Gasteiger partial charge is 0.310 e. The number of fused-ring (bicyclic) bond motifs is 6. The van der Waals surface area contributed by atoms with Gasteiger partial charge in [-0.15, -0.1) is 0 Å². The lowest BCUT2D eigenvalue weighted by molar-refractivity contribution is 1.06. The molecule has 262 valence electrons. The first-order valence-electron chi connectivity index (χ1n) is 19.2. The smallest absolute Gasteiger partial charge is 0.0468 e. The van der Waals surface area contributed by atoms with Crippen molar-refractivity contribution in [2.75, 3.05) is 4.90 Å². The van der Waals surface area contributed by atoms with E-state index in [4.69, 9.17) is 0 Å². The summed E-state index contributed by atoms with van der Waals surface area (Å²) in [7, 11) is 0. The van der Waals surface area contributed by atoms with Gasteiger partial charge in [-0.05, 0) is 178 Å². The van der Waals surface area contributed by atoms with E-state index in [1.807, 2.05) is 0 Å². The van der Waals surface area contributed by atoms with Gasteiger partial charge < -0.3 is 4.90 Å². The average molecular weight is 696 g/mol. The predicted molar refractivity (Wildman–Crippen MR) is 235 cm³/mol. The summed E-state index contributed by atoms with van der Waals surface area (Å²) in [5, 5.41) is 7.75. The molecule has 0 aliphatic heterocycles. The van der Waals surface area contributed by atoms with Gasteiger partial charge in [-0.25, -0.2) is 0 Å². The number of aryl methyl sites for hydroxylation is 5. The molecule has 0 amide bonds. The molecule has 0 fully saturated rings. The van der Waals surface area contributed by atoms with Crippen molar-refractivity contribution in [1.82, 2.24) is 0 Å². The molecule has 0 saturated heterocycles. The Labute approximate surface area is 319 Å². The highest BCUT2D eigenvalue weighted by molar-refractivity contribution is 6.32. The first-order chi connectivity index (χ1) is 26.3. The minimum absolute atomic E-state index is 1.01. The van der Waals surface area contributed by atoms with Crippen LogP contribution in [0.1, 0.15) is 46.2 Å². The number of anilines is 3. The van der Waals surface area contributed by atoms with Gasteiger partial charge in [0.1, 0.15) is 0 Å². The summed E-state index contributed by atoms with van der Waals surface area (Å²) < 4.78 is 0. The number of rotatable bonds is 6. The maximum Gasteiger partial charge on any atom is 0.0468 e. The van der Waals surface area contributed by atoms with Crippen molar-refractivity contribution in [3.8, 4) is 22.3 Å². The molecule has 54 heavy (non-hydrogen) atoms. The summed E-state index contributed by atoms with van der Waals surface area (Å²) in [5.74, 6) is 0. The lowest BCUT2D eigenvalue weighted by atomic mass is 9.80. The van der Waals surface area contributed by atoms with Gasteiger partial charge in [0.05, 0.1) is 0 Å². The van der Waals surface area contributed by atoms with Crippen molar-refractivity contribution < 1.29 is 0 Å². The maximum absolute atomic E-state index is 2.48. The molecule has 8 aromatic carbocycles. The molecule has 1 nitrogen and oxygen atoms in total. The van der Waals surface area contributed by atoms with Crippen molar-refractivity contribution in [3.05, 3.63) is 191 Å². The zero-order valence-corrected chi connectivity index (χ0v) is 31.9. The molecule has 8 aromatic rings. The summed E-state index contributed by atoms with van der Waals surface area (Å²) in [6, 6.07) is 52.6. The van der Waals surface area contributed by atoms with E-state index in [1.54, 1.807) is 0 Å². The van der Waals surface area contributed by atoms with E-state index in [-0.39, 0.29) is 0 Å². The SMILES string of the molecule is Cc1ccc(-c2cc(-c3ccccc3)c3c4ccccc4c4cc(N(c5cc(C)cc(C)c5)c5cc(C)cc(C)c5)ccc4c3c2C2=CC=CCC2)cc1. The van der Waals surface area contributed by atoms with Crippen LogP contribution in [0.25, 0.3) is 60.1 Å². The van der Waals surface area contributed by atoms with E-state index < -0.39 is 0 Å². The zero-order chi connectivity index (χ0) is 36.9. The van der Waals surface area contributed by atoms with Gasteiger partial charge in [-0.3, -0.25) is 0 Å². The molecule has 0 aromatic heterocycles. The van der Waals surface area contributed by atoms with Crippen molar-refractivity contribution in [1.29, 1.82) is 0 Å². The fourth-order valence-corrected chi connectivity index (χ4v) is 8.84. The Balaban J connectivity index is 1.45. The molecule has 0 unspecified atom stereocenters. The van der Waals surface area contributed by atoms with Gasteiger partial charge >= 0.3 is 0 Å². The van der Waals surface area contributed by atoms with E-state index >= 15 is 0 Å². The Morgan fingerprint density at radius 1 is 0.426 bits per heavy atom. The lowest BCUT2D eigenvalue weighted by Crippen LogP contribution is -2.11. The van der Waals surface area contributed by atoms with Crippen LogP contribution in [0.3, 0.4) is 0 Å². The van der Waals surface area contributed by atoms with Gasteiger partial charge in [-0.1, -0.05) is 121 Å². The van der Waals surface area contributed by atoms with E-state index in [1.165, 1.54) is 105 Å². The molecule has 1 aliphatic carbocycles. The second-order valence-corrected chi connectivity index (χ2v) is 15.3. The van der Waals surface area contributed by atoms with Gasteiger partial charge in [0.25, 0.3) is 0 Å². The van der Waals surface area contributed by atoms with Crippen LogP contribution < -0.4 is 4.90 Å².